The van der Waals surface area contributed by atoms with E-state index in [1.807, 2.05) is 54.6 Å². The van der Waals surface area contributed by atoms with Gasteiger partial charge in [-0.3, -0.25) is 4.79 Å². The number of ether oxygens (including phenoxy) is 2. The summed E-state index contributed by atoms with van der Waals surface area (Å²) in [6.07, 6.45) is 4.28. The first-order chi connectivity index (χ1) is 16.9. The molecular weight excluding hydrogens is 464 g/mol. The summed E-state index contributed by atoms with van der Waals surface area (Å²) in [7, 11) is -2.30. The molecule has 3 aromatic rings. The molecule has 3 aliphatic rings. The van der Waals surface area contributed by atoms with Crippen molar-refractivity contribution in [2.75, 3.05) is 19.0 Å². The highest BCUT2D eigenvalue weighted by Gasteiger charge is 2.51. The van der Waals surface area contributed by atoms with Crippen LogP contribution in [0.1, 0.15) is 29.0 Å². The van der Waals surface area contributed by atoms with Crippen LogP contribution in [0, 0.1) is 0 Å². The number of benzene rings is 3. The van der Waals surface area contributed by atoms with Gasteiger partial charge in [0.2, 0.25) is 15.9 Å². The van der Waals surface area contributed by atoms with E-state index in [2.05, 4.69) is 16.1 Å². The molecule has 0 saturated heterocycles. The Labute approximate surface area is 203 Å². The molecule has 1 aliphatic carbocycles. The molecule has 0 bridgehead atoms. The Hall–Kier alpha value is -3.62. The summed E-state index contributed by atoms with van der Waals surface area (Å²) in [5.74, 6) is 0.571. The first-order valence-corrected chi connectivity index (χ1v) is 13.0. The van der Waals surface area contributed by atoms with Crippen LogP contribution in [0.3, 0.4) is 0 Å². The van der Waals surface area contributed by atoms with Crippen molar-refractivity contribution in [1.82, 2.24) is 4.72 Å². The van der Waals surface area contributed by atoms with Gasteiger partial charge in [0.1, 0.15) is 12.7 Å². The molecule has 6 rings (SSSR count). The Bertz CT molecular complexity index is 1480. The molecular formula is C27H24N2O5S. The van der Waals surface area contributed by atoms with Crippen LogP contribution in [0.4, 0.5) is 5.69 Å². The van der Waals surface area contributed by atoms with Crippen LogP contribution in [0.2, 0.25) is 0 Å². The lowest BCUT2D eigenvalue weighted by molar-refractivity contribution is -0.118. The van der Waals surface area contributed by atoms with Gasteiger partial charge in [-0.2, -0.15) is 0 Å². The highest BCUT2D eigenvalue weighted by molar-refractivity contribution is 7.89. The number of nitrogens with one attached hydrogen (secondary N) is 2. The van der Waals surface area contributed by atoms with E-state index in [1.165, 1.54) is 13.1 Å². The van der Waals surface area contributed by atoms with Crippen molar-refractivity contribution in [3.8, 4) is 11.5 Å². The fourth-order valence-corrected chi connectivity index (χ4v) is 6.28. The third kappa shape index (κ3) is 3.44. The lowest BCUT2D eigenvalue weighted by atomic mass is 9.66. The fourth-order valence-electron chi connectivity index (χ4n) is 5.52. The van der Waals surface area contributed by atoms with Gasteiger partial charge in [0.05, 0.1) is 10.8 Å². The molecule has 1 amide bonds. The number of para-hydroxylation sites is 2. The normalized spacial score (nSPS) is 24.1. The van der Waals surface area contributed by atoms with Crippen LogP contribution in [-0.4, -0.2) is 34.1 Å². The summed E-state index contributed by atoms with van der Waals surface area (Å²) in [5, 5.41) is 2.97. The zero-order chi connectivity index (χ0) is 24.2. The number of rotatable bonds is 5. The molecule has 0 aromatic heterocycles. The standard InChI is InChI=1S/C27H24N2O5S/c1-28-35(31,32)19-10-11-22-20(14-19)25(26(30)29-22)27(13-12-17-6-2-3-7-21(17)27)15-18-16-33-23-8-4-5-9-24(23)34-18/h2-14,18,25,28H,15-16H2,1H3,(H,29,30). The average molecular weight is 489 g/mol. The molecule has 2 N–H and O–H groups in total. The SMILES string of the molecule is CNS(=O)(=O)c1ccc2c(c1)C(C1(CC3COc4ccccc4O3)C=Cc3ccccc31)C(=O)N2. The van der Waals surface area contributed by atoms with Crippen molar-refractivity contribution in [1.29, 1.82) is 0 Å². The molecule has 0 spiro atoms. The van der Waals surface area contributed by atoms with Crippen molar-refractivity contribution < 1.29 is 22.7 Å². The van der Waals surface area contributed by atoms with Crippen molar-refractivity contribution in [3.05, 3.63) is 89.5 Å². The summed E-state index contributed by atoms with van der Waals surface area (Å²) in [5.41, 5.74) is 2.58. The molecule has 2 aliphatic heterocycles. The number of hydrogen-bond donors (Lipinski definition) is 2. The largest absolute Gasteiger partial charge is 0.486 e. The fraction of sp³-hybridized carbons (Fsp3) is 0.222. The van der Waals surface area contributed by atoms with Crippen LogP contribution >= 0.6 is 0 Å². The third-order valence-corrected chi connectivity index (χ3v) is 8.52. The maximum atomic E-state index is 13.5. The predicted octanol–water partition coefficient (Wildman–Crippen LogP) is 3.83. The van der Waals surface area contributed by atoms with Gasteiger partial charge >= 0.3 is 0 Å². The van der Waals surface area contributed by atoms with E-state index < -0.39 is 21.4 Å². The molecule has 8 heteroatoms. The Morgan fingerprint density at radius 3 is 2.66 bits per heavy atom. The molecule has 178 valence electrons. The van der Waals surface area contributed by atoms with Gasteiger partial charge in [-0.25, -0.2) is 13.1 Å². The van der Waals surface area contributed by atoms with Gasteiger partial charge < -0.3 is 14.8 Å². The second kappa shape index (κ2) is 7.96. The Balaban J connectivity index is 1.47. The number of sulfonamides is 1. The van der Waals surface area contributed by atoms with E-state index in [0.29, 0.717) is 35.8 Å². The zero-order valence-electron chi connectivity index (χ0n) is 19.0. The van der Waals surface area contributed by atoms with Gasteiger partial charge in [0.15, 0.2) is 11.5 Å². The Morgan fingerprint density at radius 2 is 1.83 bits per heavy atom. The summed E-state index contributed by atoms with van der Waals surface area (Å²) >= 11 is 0. The number of hydrogen-bond acceptors (Lipinski definition) is 5. The highest BCUT2D eigenvalue weighted by atomic mass is 32.2. The van der Waals surface area contributed by atoms with Crippen LogP contribution in [-0.2, 0) is 20.2 Å². The number of fused-ring (bicyclic) bond motifs is 3. The molecule has 3 aromatic carbocycles. The predicted molar refractivity (Wildman–Crippen MR) is 132 cm³/mol. The molecule has 3 atom stereocenters. The first kappa shape index (κ1) is 21.9. The van der Waals surface area contributed by atoms with Gasteiger partial charge in [-0.05, 0) is 54.1 Å². The maximum absolute atomic E-state index is 13.5. The molecule has 2 heterocycles. The van der Waals surface area contributed by atoms with Crippen LogP contribution in [0.15, 0.2) is 77.7 Å². The van der Waals surface area contributed by atoms with Crippen molar-refractivity contribution in [2.24, 2.45) is 0 Å². The number of amides is 1. The highest BCUT2D eigenvalue weighted by Crippen LogP contribution is 2.54. The topological polar surface area (TPSA) is 93.7 Å². The van der Waals surface area contributed by atoms with Gasteiger partial charge in [0.25, 0.3) is 0 Å². The monoisotopic (exact) mass is 488 g/mol. The smallest absolute Gasteiger partial charge is 0.240 e. The van der Waals surface area contributed by atoms with Gasteiger partial charge in [-0.1, -0.05) is 48.6 Å². The van der Waals surface area contributed by atoms with Gasteiger partial charge in [-0.15, -0.1) is 0 Å². The van der Waals surface area contributed by atoms with Crippen molar-refractivity contribution in [3.63, 3.8) is 0 Å². The van der Waals surface area contributed by atoms with Crippen molar-refractivity contribution >= 4 is 27.7 Å². The van der Waals surface area contributed by atoms with E-state index in [1.54, 1.807) is 12.1 Å². The van der Waals surface area contributed by atoms with E-state index in [-0.39, 0.29) is 16.9 Å². The summed E-state index contributed by atoms with van der Waals surface area (Å²) in [6.45, 7) is 0.351. The van der Waals surface area contributed by atoms with E-state index in [0.717, 1.165) is 11.1 Å². The third-order valence-electron chi connectivity index (χ3n) is 7.10. The average Bonchev–Trinajstić information content (AvgIpc) is 3.41. The molecule has 35 heavy (non-hydrogen) atoms. The molecule has 0 fully saturated rings. The summed E-state index contributed by atoms with van der Waals surface area (Å²) in [6, 6.07) is 20.3. The van der Waals surface area contributed by atoms with E-state index in [9.17, 15) is 13.2 Å². The minimum atomic E-state index is -3.68. The maximum Gasteiger partial charge on any atom is 0.240 e. The van der Waals surface area contributed by atoms with Crippen LogP contribution in [0.5, 0.6) is 11.5 Å². The lowest BCUT2D eigenvalue weighted by Gasteiger charge is -2.38. The van der Waals surface area contributed by atoms with E-state index in [4.69, 9.17) is 9.47 Å². The Morgan fingerprint density at radius 1 is 1.06 bits per heavy atom. The van der Waals surface area contributed by atoms with Crippen molar-refractivity contribution in [2.45, 2.75) is 28.8 Å². The second-order valence-corrected chi connectivity index (χ2v) is 10.9. The van der Waals surface area contributed by atoms with Crippen LogP contribution < -0.4 is 19.5 Å². The molecule has 3 unspecified atom stereocenters. The van der Waals surface area contributed by atoms with Crippen LogP contribution in [0.25, 0.3) is 6.08 Å². The molecule has 7 nitrogen and oxygen atoms in total. The Kier molecular flexibility index (Phi) is 4.98. The number of allylic oxidation sites excluding steroid dienone is 1. The minimum Gasteiger partial charge on any atom is -0.486 e. The summed E-state index contributed by atoms with van der Waals surface area (Å²) in [4.78, 5) is 13.6. The summed E-state index contributed by atoms with van der Waals surface area (Å²) < 4.78 is 39.8. The number of anilines is 1. The van der Waals surface area contributed by atoms with E-state index >= 15 is 0 Å². The lowest BCUT2D eigenvalue weighted by Crippen LogP contribution is -2.42. The zero-order valence-corrected chi connectivity index (χ0v) is 19.8. The minimum absolute atomic E-state index is 0.122. The molecule has 0 radical (unpaired) electrons. The number of carbonyl (C=O) groups is 1. The first-order valence-electron chi connectivity index (χ1n) is 11.5. The number of carbonyl (C=O) groups excluding carboxylic acids is 1. The van der Waals surface area contributed by atoms with Gasteiger partial charge in [0, 0.05) is 17.5 Å². The second-order valence-electron chi connectivity index (χ2n) is 9.04. The quantitative estimate of drug-likeness (QED) is 0.570. The molecule has 0 saturated carbocycles.